The van der Waals surface area contributed by atoms with E-state index >= 15 is 0 Å². The second-order valence-corrected chi connectivity index (χ2v) is 5.55. The first-order chi connectivity index (χ1) is 11.9. The van der Waals surface area contributed by atoms with E-state index in [2.05, 4.69) is 10.4 Å². The largest absolute Gasteiger partial charge is 0.493 e. The number of nitrogens with zero attached hydrogens (tertiary/aromatic N) is 2. The van der Waals surface area contributed by atoms with Crippen molar-refractivity contribution in [3.05, 3.63) is 41.7 Å². The summed E-state index contributed by atoms with van der Waals surface area (Å²) in [5.74, 6) is -0.356. The minimum atomic E-state index is -1.02. The molecule has 8 heteroatoms. The number of hydrogen-bond donors (Lipinski definition) is 2. The lowest BCUT2D eigenvalue weighted by Gasteiger charge is -2.19. The molecule has 1 aromatic carbocycles. The Bertz CT molecular complexity index is 756. The Hall–Kier alpha value is -3.03. The highest BCUT2D eigenvalue weighted by molar-refractivity contribution is 5.77. The quantitative estimate of drug-likeness (QED) is 0.751. The van der Waals surface area contributed by atoms with Crippen LogP contribution >= 0.6 is 0 Å². The van der Waals surface area contributed by atoms with Crippen LogP contribution in [0.15, 0.2) is 30.6 Å². The molecule has 134 valence electrons. The Morgan fingerprint density at radius 3 is 2.56 bits per heavy atom. The lowest BCUT2D eigenvalue weighted by molar-refractivity contribution is -0.137. The van der Waals surface area contributed by atoms with Crippen molar-refractivity contribution in [2.45, 2.75) is 25.9 Å². The van der Waals surface area contributed by atoms with Gasteiger partial charge in [-0.1, -0.05) is 6.07 Å². The van der Waals surface area contributed by atoms with E-state index in [0.29, 0.717) is 17.1 Å². The van der Waals surface area contributed by atoms with Gasteiger partial charge in [0.25, 0.3) is 0 Å². The molecule has 1 heterocycles. The fourth-order valence-electron chi connectivity index (χ4n) is 2.44. The number of carboxylic acid groups (broad SMARTS) is 1. The molecule has 0 saturated heterocycles. The highest BCUT2D eigenvalue weighted by Gasteiger charge is 2.20. The van der Waals surface area contributed by atoms with E-state index in [1.165, 1.54) is 18.9 Å². The van der Waals surface area contributed by atoms with E-state index in [9.17, 15) is 9.59 Å². The summed E-state index contributed by atoms with van der Waals surface area (Å²) in [5, 5.41) is 15.9. The molecular formula is C17H21N3O5. The molecule has 1 unspecified atom stereocenters. The normalized spacial score (nSPS) is 11.6. The molecule has 0 saturated carbocycles. The van der Waals surface area contributed by atoms with E-state index in [1.807, 2.05) is 6.92 Å². The number of benzene rings is 1. The second kappa shape index (κ2) is 8.18. The second-order valence-electron chi connectivity index (χ2n) is 5.55. The summed E-state index contributed by atoms with van der Waals surface area (Å²) in [6.45, 7) is 1.88. The highest BCUT2D eigenvalue weighted by Crippen LogP contribution is 2.30. The molecule has 2 N–H and O–H groups in total. The van der Waals surface area contributed by atoms with Gasteiger partial charge in [-0.15, -0.1) is 0 Å². The summed E-state index contributed by atoms with van der Waals surface area (Å²) in [5.41, 5.74) is 1.56. The SMILES string of the molecule is COc1ccc(C(CC(=O)O)NC(=O)Cn2cc(C)cn2)cc1OC. The minimum Gasteiger partial charge on any atom is -0.493 e. The number of methoxy groups -OCH3 is 2. The molecule has 0 bridgehead atoms. The van der Waals surface area contributed by atoms with E-state index in [1.54, 1.807) is 30.6 Å². The molecule has 1 atom stereocenters. The third-order valence-corrected chi connectivity index (χ3v) is 3.59. The van der Waals surface area contributed by atoms with Crippen molar-refractivity contribution in [2.75, 3.05) is 14.2 Å². The molecule has 0 radical (unpaired) electrons. The standard InChI is InChI=1S/C17H21N3O5/c1-11-8-18-20(9-11)10-16(21)19-13(7-17(22)23)12-4-5-14(24-2)15(6-12)25-3/h4-6,8-9,13H,7,10H2,1-3H3,(H,19,21)(H,22,23). The van der Waals surface area contributed by atoms with Crippen LogP contribution in [0.2, 0.25) is 0 Å². The number of aliphatic carboxylic acids is 1. The number of aromatic nitrogens is 2. The van der Waals surface area contributed by atoms with Crippen LogP contribution in [-0.4, -0.2) is 41.0 Å². The Morgan fingerprint density at radius 2 is 2.00 bits per heavy atom. The summed E-state index contributed by atoms with van der Waals surface area (Å²) in [6.07, 6.45) is 3.14. The molecule has 0 aliphatic heterocycles. The van der Waals surface area contributed by atoms with Crippen LogP contribution in [0.1, 0.15) is 23.6 Å². The number of carboxylic acids is 1. The van der Waals surface area contributed by atoms with Crippen molar-refractivity contribution in [2.24, 2.45) is 0 Å². The maximum Gasteiger partial charge on any atom is 0.305 e. The lowest BCUT2D eigenvalue weighted by Crippen LogP contribution is -2.33. The van der Waals surface area contributed by atoms with Crippen molar-refractivity contribution in [1.82, 2.24) is 15.1 Å². The first kappa shape index (κ1) is 18.3. The maximum atomic E-state index is 12.2. The molecule has 2 rings (SSSR count). The molecule has 0 spiro atoms. The molecule has 0 aliphatic carbocycles. The number of nitrogens with one attached hydrogen (secondary N) is 1. The number of ether oxygens (including phenoxy) is 2. The molecule has 1 aromatic heterocycles. The van der Waals surface area contributed by atoms with E-state index < -0.39 is 12.0 Å². The van der Waals surface area contributed by atoms with Gasteiger partial charge in [0.15, 0.2) is 11.5 Å². The first-order valence-corrected chi connectivity index (χ1v) is 7.65. The molecule has 0 fully saturated rings. The van der Waals surface area contributed by atoms with Crippen LogP contribution < -0.4 is 14.8 Å². The van der Waals surface area contributed by atoms with Gasteiger partial charge in [0.1, 0.15) is 6.54 Å². The minimum absolute atomic E-state index is 0.0112. The van der Waals surface area contributed by atoms with Crippen molar-refractivity contribution in [3.63, 3.8) is 0 Å². The number of hydrogen-bond acceptors (Lipinski definition) is 5. The summed E-state index contributed by atoms with van der Waals surface area (Å²) in [7, 11) is 3.01. The fourth-order valence-corrected chi connectivity index (χ4v) is 2.44. The Balaban J connectivity index is 2.17. The Morgan fingerprint density at radius 1 is 1.28 bits per heavy atom. The molecule has 2 aromatic rings. The summed E-state index contributed by atoms with van der Waals surface area (Å²) in [6, 6.07) is 4.34. The summed E-state index contributed by atoms with van der Waals surface area (Å²) >= 11 is 0. The smallest absolute Gasteiger partial charge is 0.305 e. The molecular weight excluding hydrogens is 326 g/mol. The molecule has 0 aliphatic rings. The third-order valence-electron chi connectivity index (χ3n) is 3.59. The van der Waals surface area contributed by atoms with Gasteiger partial charge >= 0.3 is 5.97 Å². The van der Waals surface area contributed by atoms with Crippen molar-refractivity contribution < 1.29 is 24.2 Å². The van der Waals surface area contributed by atoms with Gasteiger partial charge in [-0.3, -0.25) is 14.3 Å². The van der Waals surface area contributed by atoms with E-state index in [0.717, 1.165) is 5.56 Å². The molecule has 1 amide bonds. The monoisotopic (exact) mass is 347 g/mol. The lowest BCUT2D eigenvalue weighted by atomic mass is 10.0. The zero-order valence-corrected chi connectivity index (χ0v) is 14.4. The van der Waals surface area contributed by atoms with Gasteiger partial charge < -0.3 is 19.9 Å². The highest BCUT2D eigenvalue weighted by atomic mass is 16.5. The van der Waals surface area contributed by atoms with Crippen LogP contribution in [0.3, 0.4) is 0 Å². The van der Waals surface area contributed by atoms with Gasteiger partial charge in [-0.05, 0) is 30.2 Å². The number of carbonyl (C=O) groups is 2. The predicted molar refractivity (Wildman–Crippen MR) is 89.6 cm³/mol. The number of aryl methyl sites for hydroxylation is 1. The zero-order chi connectivity index (χ0) is 18.4. The van der Waals surface area contributed by atoms with Gasteiger partial charge in [-0.2, -0.15) is 5.10 Å². The van der Waals surface area contributed by atoms with Crippen LogP contribution in [0.25, 0.3) is 0 Å². The summed E-state index contributed by atoms with van der Waals surface area (Å²) in [4.78, 5) is 23.4. The van der Waals surface area contributed by atoms with Crippen molar-refractivity contribution in [1.29, 1.82) is 0 Å². The first-order valence-electron chi connectivity index (χ1n) is 7.65. The molecule has 8 nitrogen and oxygen atoms in total. The zero-order valence-electron chi connectivity index (χ0n) is 14.4. The Labute approximate surface area is 145 Å². The average Bonchev–Trinajstić information content (AvgIpc) is 2.97. The molecule has 25 heavy (non-hydrogen) atoms. The van der Waals surface area contributed by atoms with Gasteiger partial charge in [-0.25, -0.2) is 0 Å². The van der Waals surface area contributed by atoms with Crippen LogP contribution in [0, 0.1) is 6.92 Å². The van der Waals surface area contributed by atoms with E-state index in [-0.39, 0.29) is 18.9 Å². The van der Waals surface area contributed by atoms with Crippen molar-refractivity contribution >= 4 is 11.9 Å². The average molecular weight is 347 g/mol. The fraction of sp³-hybridized carbons (Fsp3) is 0.353. The third kappa shape index (κ3) is 4.97. The van der Waals surface area contributed by atoms with Crippen LogP contribution in [-0.2, 0) is 16.1 Å². The van der Waals surface area contributed by atoms with Crippen molar-refractivity contribution in [3.8, 4) is 11.5 Å². The topological polar surface area (TPSA) is 103 Å². The van der Waals surface area contributed by atoms with E-state index in [4.69, 9.17) is 14.6 Å². The van der Waals surface area contributed by atoms with Crippen LogP contribution in [0.5, 0.6) is 11.5 Å². The number of carbonyl (C=O) groups excluding carboxylic acids is 1. The predicted octanol–water partition coefficient (Wildman–Crippen LogP) is 1.54. The summed E-state index contributed by atoms with van der Waals surface area (Å²) < 4.78 is 11.9. The Kier molecular flexibility index (Phi) is 5.99. The van der Waals surface area contributed by atoms with Gasteiger partial charge in [0.2, 0.25) is 5.91 Å². The number of amides is 1. The maximum absolute atomic E-state index is 12.2. The van der Waals surface area contributed by atoms with Crippen LogP contribution in [0.4, 0.5) is 0 Å². The number of rotatable bonds is 8. The van der Waals surface area contributed by atoms with Gasteiger partial charge in [0.05, 0.1) is 32.9 Å². The van der Waals surface area contributed by atoms with Gasteiger partial charge in [0, 0.05) is 6.20 Å².